The van der Waals surface area contributed by atoms with Gasteiger partial charge in [-0.05, 0) is 44.7 Å². The Labute approximate surface area is 104 Å². The standard InChI is InChI=1S/C16H22O/c1-12-7-8-13(2)15(11-12)16(14(3)17)9-5-4-6-10-16/h7-8,11H,4-6,9-10H2,1-3H3. The highest BCUT2D eigenvalue weighted by Gasteiger charge is 2.39. The van der Waals surface area contributed by atoms with E-state index in [9.17, 15) is 4.79 Å². The Morgan fingerprint density at radius 2 is 1.76 bits per heavy atom. The van der Waals surface area contributed by atoms with Crippen LogP contribution in [-0.4, -0.2) is 5.78 Å². The van der Waals surface area contributed by atoms with Gasteiger partial charge in [0.15, 0.2) is 0 Å². The first kappa shape index (κ1) is 12.3. The maximum atomic E-state index is 12.2. The number of rotatable bonds is 2. The van der Waals surface area contributed by atoms with Crippen molar-refractivity contribution in [3.05, 3.63) is 34.9 Å². The zero-order valence-electron chi connectivity index (χ0n) is 11.2. The fourth-order valence-corrected chi connectivity index (χ4v) is 3.22. The van der Waals surface area contributed by atoms with Crippen LogP contribution in [0.15, 0.2) is 18.2 Å². The zero-order chi connectivity index (χ0) is 12.5. The van der Waals surface area contributed by atoms with Gasteiger partial charge in [-0.2, -0.15) is 0 Å². The van der Waals surface area contributed by atoms with Crippen molar-refractivity contribution in [1.29, 1.82) is 0 Å². The summed E-state index contributed by atoms with van der Waals surface area (Å²) in [6.07, 6.45) is 5.72. The van der Waals surface area contributed by atoms with Crippen LogP contribution in [0, 0.1) is 13.8 Å². The van der Waals surface area contributed by atoms with Gasteiger partial charge in [-0.15, -0.1) is 0 Å². The number of hydrogen-bond acceptors (Lipinski definition) is 1. The van der Waals surface area contributed by atoms with E-state index in [1.807, 2.05) is 0 Å². The average Bonchev–Trinajstić information content (AvgIpc) is 2.33. The first-order valence-corrected chi connectivity index (χ1v) is 6.65. The molecule has 1 nitrogen and oxygen atoms in total. The Bertz CT molecular complexity index is 425. The van der Waals surface area contributed by atoms with Gasteiger partial charge in [0.1, 0.15) is 5.78 Å². The van der Waals surface area contributed by atoms with Crippen molar-refractivity contribution in [1.82, 2.24) is 0 Å². The van der Waals surface area contributed by atoms with E-state index in [1.165, 1.54) is 36.0 Å². The molecule has 2 rings (SSSR count). The number of hydrogen-bond donors (Lipinski definition) is 0. The van der Waals surface area contributed by atoms with E-state index >= 15 is 0 Å². The topological polar surface area (TPSA) is 17.1 Å². The fourth-order valence-electron chi connectivity index (χ4n) is 3.22. The third kappa shape index (κ3) is 2.15. The second kappa shape index (κ2) is 4.64. The number of Topliss-reactive ketones (excluding diaryl/α,β-unsaturated/α-hetero) is 1. The number of aryl methyl sites for hydroxylation is 2. The van der Waals surface area contributed by atoms with Gasteiger partial charge < -0.3 is 0 Å². The van der Waals surface area contributed by atoms with Gasteiger partial charge in [-0.1, -0.05) is 43.0 Å². The molecule has 0 spiro atoms. The minimum atomic E-state index is -0.186. The minimum Gasteiger partial charge on any atom is -0.299 e. The van der Waals surface area contributed by atoms with Crippen molar-refractivity contribution < 1.29 is 4.79 Å². The molecule has 1 aromatic carbocycles. The lowest BCUT2D eigenvalue weighted by Gasteiger charge is -2.36. The lowest BCUT2D eigenvalue weighted by Crippen LogP contribution is -2.37. The molecule has 0 aliphatic heterocycles. The highest BCUT2D eigenvalue weighted by Crippen LogP contribution is 2.41. The van der Waals surface area contributed by atoms with Crippen molar-refractivity contribution in [2.45, 2.75) is 58.3 Å². The van der Waals surface area contributed by atoms with Crippen LogP contribution in [0.4, 0.5) is 0 Å². The molecule has 1 saturated carbocycles. The van der Waals surface area contributed by atoms with Crippen molar-refractivity contribution >= 4 is 5.78 Å². The van der Waals surface area contributed by atoms with Crippen LogP contribution in [0.1, 0.15) is 55.7 Å². The summed E-state index contributed by atoms with van der Waals surface area (Å²) in [5.41, 5.74) is 3.63. The second-order valence-electron chi connectivity index (χ2n) is 5.52. The molecular formula is C16H22O. The van der Waals surface area contributed by atoms with E-state index in [4.69, 9.17) is 0 Å². The predicted octanol–water partition coefficient (Wildman–Crippen LogP) is 4.09. The number of carbonyl (C=O) groups excluding carboxylic acids is 1. The van der Waals surface area contributed by atoms with Crippen molar-refractivity contribution in [3.8, 4) is 0 Å². The number of benzene rings is 1. The predicted molar refractivity (Wildman–Crippen MR) is 71.4 cm³/mol. The Hall–Kier alpha value is -1.11. The molecule has 1 fully saturated rings. The quantitative estimate of drug-likeness (QED) is 0.747. The van der Waals surface area contributed by atoms with E-state index in [0.717, 1.165) is 12.8 Å². The summed E-state index contributed by atoms with van der Waals surface area (Å²) >= 11 is 0. The monoisotopic (exact) mass is 230 g/mol. The van der Waals surface area contributed by atoms with Crippen molar-refractivity contribution in [2.75, 3.05) is 0 Å². The van der Waals surface area contributed by atoms with E-state index in [-0.39, 0.29) is 5.41 Å². The molecule has 1 aliphatic carbocycles. The third-order valence-corrected chi connectivity index (χ3v) is 4.29. The van der Waals surface area contributed by atoms with Crippen LogP contribution in [0.5, 0.6) is 0 Å². The molecule has 1 aliphatic rings. The van der Waals surface area contributed by atoms with Crippen LogP contribution in [0.3, 0.4) is 0 Å². The fraction of sp³-hybridized carbons (Fsp3) is 0.562. The lowest BCUT2D eigenvalue weighted by molar-refractivity contribution is -0.123. The molecule has 0 amide bonds. The number of ketones is 1. The van der Waals surface area contributed by atoms with Gasteiger partial charge in [0.25, 0.3) is 0 Å². The van der Waals surface area contributed by atoms with Gasteiger partial charge >= 0.3 is 0 Å². The van der Waals surface area contributed by atoms with Gasteiger partial charge in [0, 0.05) is 0 Å². The van der Waals surface area contributed by atoms with Crippen molar-refractivity contribution in [2.24, 2.45) is 0 Å². The van der Waals surface area contributed by atoms with Gasteiger partial charge in [-0.3, -0.25) is 4.79 Å². The molecule has 92 valence electrons. The van der Waals surface area contributed by atoms with Crippen LogP contribution in [0.2, 0.25) is 0 Å². The molecule has 0 saturated heterocycles. The molecule has 1 heteroatoms. The molecule has 0 bridgehead atoms. The van der Waals surface area contributed by atoms with Crippen LogP contribution in [-0.2, 0) is 10.2 Å². The molecule has 0 heterocycles. The Kier molecular flexibility index (Phi) is 3.37. The highest BCUT2D eigenvalue weighted by atomic mass is 16.1. The van der Waals surface area contributed by atoms with E-state index < -0.39 is 0 Å². The Morgan fingerprint density at radius 1 is 1.12 bits per heavy atom. The molecule has 0 unspecified atom stereocenters. The summed E-state index contributed by atoms with van der Waals surface area (Å²) in [7, 11) is 0. The molecule has 0 radical (unpaired) electrons. The first-order valence-electron chi connectivity index (χ1n) is 6.65. The molecule has 0 atom stereocenters. The lowest BCUT2D eigenvalue weighted by atomic mass is 9.66. The summed E-state index contributed by atoms with van der Waals surface area (Å²) in [4.78, 5) is 12.2. The average molecular weight is 230 g/mol. The smallest absolute Gasteiger partial charge is 0.140 e. The summed E-state index contributed by atoms with van der Waals surface area (Å²) in [6.45, 7) is 6.01. The summed E-state index contributed by atoms with van der Waals surface area (Å²) < 4.78 is 0. The van der Waals surface area contributed by atoms with Gasteiger partial charge in [-0.25, -0.2) is 0 Å². The Morgan fingerprint density at radius 3 is 2.35 bits per heavy atom. The Balaban J connectivity index is 2.52. The molecular weight excluding hydrogens is 208 g/mol. The maximum Gasteiger partial charge on any atom is 0.140 e. The molecule has 0 aromatic heterocycles. The molecule has 0 N–H and O–H groups in total. The maximum absolute atomic E-state index is 12.2. The third-order valence-electron chi connectivity index (χ3n) is 4.29. The minimum absolute atomic E-state index is 0.186. The highest BCUT2D eigenvalue weighted by molar-refractivity contribution is 5.88. The van der Waals surface area contributed by atoms with Crippen molar-refractivity contribution in [3.63, 3.8) is 0 Å². The second-order valence-corrected chi connectivity index (χ2v) is 5.52. The summed E-state index contributed by atoms with van der Waals surface area (Å²) in [5.74, 6) is 0.353. The van der Waals surface area contributed by atoms with Crippen LogP contribution in [0.25, 0.3) is 0 Å². The first-order chi connectivity index (χ1) is 8.06. The number of carbonyl (C=O) groups is 1. The SMILES string of the molecule is CC(=O)C1(c2cc(C)ccc2C)CCCCC1. The van der Waals surface area contributed by atoms with Crippen LogP contribution < -0.4 is 0 Å². The van der Waals surface area contributed by atoms with E-state index in [2.05, 4.69) is 32.0 Å². The van der Waals surface area contributed by atoms with E-state index in [0.29, 0.717) is 5.78 Å². The largest absolute Gasteiger partial charge is 0.299 e. The normalized spacial score (nSPS) is 19.0. The summed E-state index contributed by atoms with van der Waals surface area (Å²) in [5, 5.41) is 0. The zero-order valence-corrected chi connectivity index (χ0v) is 11.2. The van der Waals surface area contributed by atoms with E-state index in [1.54, 1.807) is 6.92 Å². The summed E-state index contributed by atoms with van der Waals surface area (Å²) in [6, 6.07) is 6.52. The molecule has 17 heavy (non-hydrogen) atoms. The van der Waals surface area contributed by atoms with Gasteiger partial charge in [0.2, 0.25) is 0 Å². The molecule has 1 aromatic rings. The van der Waals surface area contributed by atoms with Crippen LogP contribution >= 0.6 is 0 Å². The van der Waals surface area contributed by atoms with Gasteiger partial charge in [0.05, 0.1) is 5.41 Å².